The second kappa shape index (κ2) is 4.99. The van der Waals surface area contributed by atoms with Crippen molar-refractivity contribution in [2.24, 2.45) is 4.99 Å². The van der Waals surface area contributed by atoms with Crippen LogP contribution in [0.1, 0.15) is 18.7 Å². The molecule has 0 saturated carbocycles. The third kappa shape index (κ3) is 2.40. The number of nitrogens with one attached hydrogen (secondary N) is 1. The first-order chi connectivity index (χ1) is 9.15. The van der Waals surface area contributed by atoms with Crippen LogP contribution < -0.4 is 15.9 Å². The fourth-order valence-corrected chi connectivity index (χ4v) is 2.68. The monoisotopic (exact) mass is 334 g/mol. The number of hydrogen-bond donors (Lipinski definition) is 1. The van der Waals surface area contributed by atoms with E-state index < -0.39 is 0 Å². The predicted molar refractivity (Wildman–Crippen MR) is 81.3 cm³/mol. The van der Waals surface area contributed by atoms with Gasteiger partial charge in [0.1, 0.15) is 6.17 Å². The topological polar surface area (TPSA) is 24.4 Å². The average Bonchev–Trinajstić information content (AvgIpc) is 2.41. The Morgan fingerprint density at radius 1 is 1.16 bits per heavy atom. The summed E-state index contributed by atoms with van der Waals surface area (Å²) in [7, 11) is 0. The van der Waals surface area contributed by atoms with Gasteiger partial charge in [-0.1, -0.05) is 51.8 Å². The number of rotatable bonds is 1. The van der Waals surface area contributed by atoms with E-state index in [9.17, 15) is 0 Å². The van der Waals surface area contributed by atoms with Gasteiger partial charge >= 0.3 is 0 Å². The Kier molecular flexibility index (Phi) is 3.33. The van der Waals surface area contributed by atoms with Crippen molar-refractivity contribution in [2.45, 2.75) is 13.1 Å². The van der Waals surface area contributed by atoms with Crippen molar-refractivity contribution in [2.75, 3.05) is 0 Å². The Balaban J connectivity index is 2.14. The summed E-state index contributed by atoms with van der Waals surface area (Å²) in [6, 6.07) is 14.0. The second-order valence-corrected chi connectivity index (χ2v) is 5.81. The first-order valence-corrected chi connectivity index (χ1v) is 7.17. The summed E-state index contributed by atoms with van der Waals surface area (Å²) >= 11 is 9.68. The Hall–Kier alpha value is -1.32. The molecule has 19 heavy (non-hydrogen) atoms. The molecule has 0 aromatic heterocycles. The van der Waals surface area contributed by atoms with Crippen molar-refractivity contribution < 1.29 is 0 Å². The van der Waals surface area contributed by atoms with Gasteiger partial charge in [0.05, 0.1) is 10.4 Å². The summed E-state index contributed by atoms with van der Waals surface area (Å²) in [6.07, 6.45) is -0.0829. The minimum absolute atomic E-state index is 0.0829. The minimum Gasteiger partial charge on any atom is -0.363 e. The lowest BCUT2D eigenvalue weighted by Gasteiger charge is -2.21. The Labute approximate surface area is 125 Å². The summed E-state index contributed by atoms with van der Waals surface area (Å²) in [6.45, 7) is 2.05. The number of halogens is 2. The van der Waals surface area contributed by atoms with Gasteiger partial charge in [-0.3, -0.25) is 4.99 Å². The van der Waals surface area contributed by atoms with E-state index in [0.29, 0.717) is 5.02 Å². The van der Waals surface area contributed by atoms with Crippen LogP contribution in [0.4, 0.5) is 0 Å². The molecule has 0 aliphatic carbocycles. The van der Waals surface area contributed by atoms with E-state index in [-0.39, 0.29) is 6.17 Å². The van der Waals surface area contributed by atoms with Crippen LogP contribution in [0.25, 0.3) is 5.70 Å². The normalized spacial score (nSPS) is 17.4. The van der Waals surface area contributed by atoms with Gasteiger partial charge in [-0.25, -0.2) is 0 Å². The van der Waals surface area contributed by atoms with Gasteiger partial charge in [-0.05, 0) is 30.7 Å². The third-order valence-corrected chi connectivity index (χ3v) is 4.02. The van der Waals surface area contributed by atoms with E-state index in [1.165, 1.54) is 0 Å². The largest absolute Gasteiger partial charge is 0.363 e. The molecule has 1 aliphatic heterocycles. The molecule has 1 atom stereocenters. The predicted octanol–water partition coefficient (Wildman–Crippen LogP) is 3.15. The molecule has 0 fully saturated rings. The van der Waals surface area contributed by atoms with E-state index in [2.05, 4.69) is 40.3 Å². The number of para-hydroxylation sites is 1. The minimum atomic E-state index is -0.0829. The smallest absolute Gasteiger partial charge is 0.145 e. The molecule has 0 spiro atoms. The van der Waals surface area contributed by atoms with Crippen molar-refractivity contribution in [3.05, 3.63) is 68.1 Å². The fourth-order valence-electron chi connectivity index (χ4n) is 2.20. The van der Waals surface area contributed by atoms with Crippen molar-refractivity contribution >= 4 is 33.2 Å². The van der Waals surface area contributed by atoms with E-state index in [4.69, 9.17) is 16.6 Å². The second-order valence-electron chi connectivity index (χ2n) is 4.49. The maximum atomic E-state index is 6.24. The van der Waals surface area contributed by atoms with Crippen molar-refractivity contribution in [1.82, 2.24) is 5.32 Å². The Bertz CT molecular complexity index is 738. The zero-order chi connectivity index (χ0) is 13.4. The first-order valence-electron chi connectivity index (χ1n) is 6.00. The molecule has 3 rings (SSSR count). The maximum Gasteiger partial charge on any atom is 0.145 e. The molecular weight excluding hydrogens is 324 g/mol. The van der Waals surface area contributed by atoms with Gasteiger partial charge in [0, 0.05) is 15.4 Å². The van der Waals surface area contributed by atoms with Crippen LogP contribution in [0.2, 0.25) is 5.02 Å². The highest BCUT2D eigenvalue weighted by Crippen LogP contribution is 2.20. The highest BCUT2D eigenvalue weighted by atomic mass is 79.9. The van der Waals surface area contributed by atoms with E-state index >= 15 is 0 Å². The van der Waals surface area contributed by atoms with Crippen molar-refractivity contribution in [3.63, 3.8) is 0 Å². The van der Waals surface area contributed by atoms with Gasteiger partial charge in [-0.15, -0.1) is 0 Å². The third-order valence-electron chi connectivity index (χ3n) is 3.19. The molecule has 0 bridgehead atoms. The van der Waals surface area contributed by atoms with E-state index in [1.807, 2.05) is 30.3 Å². The van der Waals surface area contributed by atoms with Gasteiger partial charge in [0.15, 0.2) is 0 Å². The lowest BCUT2D eigenvalue weighted by Crippen LogP contribution is -2.39. The van der Waals surface area contributed by atoms with Crippen LogP contribution >= 0.6 is 27.5 Å². The lowest BCUT2D eigenvalue weighted by molar-refractivity contribution is 0.630. The SMILES string of the molecule is CC1=c2cccc(Cl)c2=NC(c2ccc(Br)cc2)N1. The maximum absolute atomic E-state index is 6.24. The number of fused-ring (bicyclic) bond motifs is 1. The van der Waals surface area contributed by atoms with Gasteiger partial charge in [0.25, 0.3) is 0 Å². The number of benzene rings is 2. The molecule has 0 saturated heterocycles. The molecular formula is C15H12BrClN2. The highest BCUT2D eigenvalue weighted by Gasteiger charge is 2.14. The first kappa shape index (κ1) is 12.7. The summed E-state index contributed by atoms with van der Waals surface area (Å²) in [5.74, 6) is 0. The zero-order valence-electron chi connectivity index (χ0n) is 10.3. The number of hydrogen-bond acceptors (Lipinski definition) is 2. The molecule has 1 heterocycles. The molecule has 96 valence electrons. The fraction of sp³-hybridized carbons (Fsp3) is 0.133. The van der Waals surface area contributed by atoms with Gasteiger partial charge in [-0.2, -0.15) is 0 Å². The molecule has 2 aromatic carbocycles. The molecule has 4 heteroatoms. The van der Waals surface area contributed by atoms with Crippen LogP contribution in [-0.2, 0) is 0 Å². The Morgan fingerprint density at radius 3 is 2.63 bits per heavy atom. The van der Waals surface area contributed by atoms with Crippen molar-refractivity contribution in [3.8, 4) is 0 Å². The molecule has 1 unspecified atom stereocenters. The van der Waals surface area contributed by atoms with Crippen LogP contribution in [0.5, 0.6) is 0 Å². The van der Waals surface area contributed by atoms with Crippen molar-refractivity contribution in [1.29, 1.82) is 0 Å². The van der Waals surface area contributed by atoms with Crippen LogP contribution in [-0.4, -0.2) is 0 Å². The standard InChI is InChI=1S/C15H12BrClN2/c1-9-12-3-2-4-13(17)14(12)19-15(18-9)10-5-7-11(16)8-6-10/h2-8,15,18H,1H3. The molecule has 2 aromatic rings. The molecule has 2 nitrogen and oxygen atoms in total. The molecule has 0 amide bonds. The van der Waals surface area contributed by atoms with Crippen LogP contribution in [0.15, 0.2) is 51.9 Å². The molecule has 1 N–H and O–H groups in total. The van der Waals surface area contributed by atoms with Gasteiger partial charge < -0.3 is 5.32 Å². The average molecular weight is 336 g/mol. The summed E-state index contributed by atoms with van der Waals surface area (Å²) < 4.78 is 1.06. The summed E-state index contributed by atoms with van der Waals surface area (Å²) in [5.41, 5.74) is 2.22. The lowest BCUT2D eigenvalue weighted by atomic mass is 10.1. The van der Waals surface area contributed by atoms with Crippen LogP contribution in [0, 0.1) is 0 Å². The summed E-state index contributed by atoms with van der Waals surface area (Å²) in [5, 5.41) is 6.05. The highest BCUT2D eigenvalue weighted by molar-refractivity contribution is 9.10. The van der Waals surface area contributed by atoms with Gasteiger partial charge in [0.2, 0.25) is 0 Å². The zero-order valence-corrected chi connectivity index (χ0v) is 12.7. The van der Waals surface area contributed by atoms with Crippen LogP contribution in [0.3, 0.4) is 0 Å². The Morgan fingerprint density at radius 2 is 1.89 bits per heavy atom. The summed E-state index contributed by atoms with van der Waals surface area (Å²) in [4.78, 5) is 4.72. The number of nitrogens with zero attached hydrogens (tertiary/aromatic N) is 1. The molecule has 0 radical (unpaired) electrons. The van der Waals surface area contributed by atoms with E-state index in [1.54, 1.807) is 0 Å². The molecule has 1 aliphatic rings. The van der Waals surface area contributed by atoms with E-state index in [0.717, 1.165) is 26.3 Å². The quantitative estimate of drug-likeness (QED) is 0.850.